The number of hydrogen-bond acceptors (Lipinski definition) is 2. The number of ether oxygens (including phenoxy) is 1. The number of benzene rings is 2. The van der Waals surface area contributed by atoms with Gasteiger partial charge in [-0.15, -0.1) is 0 Å². The summed E-state index contributed by atoms with van der Waals surface area (Å²) in [5, 5.41) is 9.65. The lowest BCUT2D eigenvalue weighted by Gasteiger charge is -2.12. The van der Waals surface area contributed by atoms with Gasteiger partial charge in [-0.2, -0.15) is 5.26 Å². The average molecular weight is 332 g/mol. The van der Waals surface area contributed by atoms with Crippen LogP contribution >= 0.6 is 11.6 Å². The fourth-order valence-corrected chi connectivity index (χ4v) is 2.49. The van der Waals surface area contributed by atoms with Gasteiger partial charge in [-0.3, -0.25) is 0 Å². The van der Waals surface area contributed by atoms with Gasteiger partial charge >= 0.3 is 0 Å². The van der Waals surface area contributed by atoms with Gasteiger partial charge in [0.05, 0.1) is 16.7 Å². The highest BCUT2D eigenvalue weighted by Gasteiger charge is 2.10. The van der Waals surface area contributed by atoms with Gasteiger partial charge in [-0.05, 0) is 42.2 Å². The van der Waals surface area contributed by atoms with E-state index < -0.39 is 5.82 Å². The van der Waals surface area contributed by atoms with Gasteiger partial charge in [-0.1, -0.05) is 44.0 Å². The van der Waals surface area contributed by atoms with Crippen LogP contribution in [0.4, 0.5) is 4.39 Å². The maximum Gasteiger partial charge on any atom is 0.131 e. The van der Waals surface area contributed by atoms with Crippen LogP contribution < -0.4 is 4.74 Å². The quantitative estimate of drug-likeness (QED) is 0.698. The van der Waals surface area contributed by atoms with Crippen LogP contribution in [0.1, 0.15) is 37.0 Å². The Morgan fingerprint density at radius 3 is 2.74 bits per heavy atom. The molecule has 0 aromatic heterocycles. The van der Waals surface area contributed by atoms with Crippen LogP contribution in [-0.4, -0.2) is 0 Å². The maximum atomic E-state index is 13.7. The fraction of sp³-hybridized carbons (Fsp3) is 0.316. The second-order valence-corrected chi connectivity index (χ2v) is 6.04. The van der Waals surface area contributed by atoms with Gasteiger partial charge in [0.2, 0.25) is 0 Å². The lowest BCUT2D eigenvalue weighted by molar-refractivity contribution is 0.299. The van der Waals surface area contributed by atoms with Gasteiger partial charge in [0.15, 0.2) is 0 Å². The largest absolute Gasteiger partial charge is 0.489 e. The molecule has 0 spiro atoms. The molecule has 23 heavy (non-hydrogen) atoms. The molecule has 120 valence electrons. The van der Waals surface area contributed by atoms with Crippen molar-refractivity contribution in [3.05, 3.63) is 63.9 Å². The Morgan fingerprint density at radius 1 is 1.30 bits per heavy atom. The molecule has 2 aromatic carbocycles. The van der Waals surface area contributed by atoms with E-state index in [2.05, 4.69) is 19.9 Å². The maximum absolute atomic E-state index is 13.7. The van der Waals surface area contributed by atoms with E-state index in [0.717, 1.165) is 18.4 Å². The number of nitrogens with zero attached hydrogens (tertiary/aromatic N) is 1. The normalized spacial score (nSPS) is 11.8. The lowest BCUT2D eigenvalue weighted by Crippen LogP contribution is -2.02. The van der Waals surface area contributed by atoms with Crippen LogP contribution in [0.15, 0.2) is 36.4 Å². The van der Waals surface area contributed by atoms with Crippen LogP contribution in [0.25, 0.3) is 0 Å². The van der Waals surface area contributed by atoms with Crippen molar-refractivity contribution < 1.29 is 9.13 Å². The minimum Gasteiger partial charge on any atom is -0.489 e. The molecule has 0 fully saturated rings. The summed E-state index contributed by atoms with van der Waals surface area (Å²) in [6.07, 6.45) is 1.92. The average Bonchev–Trinajstić information content (AvgIpc) is 2.55. The summed E-state index contributed by atoms with van der Waals surface area (Å²) >= 11 is 5.98. The molecule has 0 saturated heterocycles. The Morgan fingerprint density at radius 2 is 2.09 bits per heavy atom. The molecule has 0 saturated carbocycles. The predicted octanol–water partition coefficient (Wildman–Crippen LogP) is 5.52. The number of nitriles is 1. The molecule has 0 amide bonds. The van der Waals surface area contributed by atoms with Crippen LogP contribution in [0.3, 0.4) is 0 Å². The van der Waals surface area contributed by atoms with E-state index in [-0.39, 0.29) is 6.61 Å². The summed E-state index contributed by atoms with van der Waals surface area (Å²) in [7, 11) is 0. The first-order valence-electron chi connectivity index (χ1n) is 7.63. The first kappa shape index (κ1) is 17.3. The van der Waals surface area contributed by atoms with Crippen LogP contribution in [0.2, 0.25) is 5.02 Å². The van der Waals surface area contributed by atoms with E-state index in [4.69, 9.17) is 16.3 Å². The second-order valence-electron chi connectivity index (χ2n) is 5.64. The van der Waals surface area contributed by atoms with E-state index in [1.807, 2.05) is 12.1 Å². The van der Waals surface area contributed by atoms with Crippen molar-refractivity contribution in [2.75, 3.05) is 0 Å². The third-order valence-corrected chi connectivity index (χ3v) is 4.27. The van der Waals surface area contributed by atoms with Crippen molar-refractivity contribution >= 4 is 11.6 Å². The molecule has 2 nitrogen and oxygen atoms in total. The molecule has 1 atom stereocenters. The van der Waals surface area contributed by atoms with Crippen LogP contribution in [-0.2, 0) is 13.0 Å². The van der Waals surface area contributed by atoms with Gasteiger partial charge in [-0.25, -0.2) is 4.39 Å². The number of halogens is 2. The molecule has 1 unspecified atom stereocenters. The predicted molar refractivity (Wildman–Crippen MR) is 90.1 cm³/mol. The summed E-state index contributed by atoms with van der Waals surface area (Å²) in [4.78, 5) is 0. The molecule has 0 aliphatic rings. The minimum atomic E-state index is -0.397. The topological polar surface area (TPSA) is 33.0 Å². The Hall–Kier alpha value is -2.05. The molecular weight excluding hydrogens is 313 g/mol. The molecule has 0 aliphatic heterocycles. The molecule has 0 radical (unpaired) electrons. The zero-order valence-corrected chi connectivity index (χ0v) is 14.0. The Labute approximate surface area is 141 Å². The highest BCUT2D eigenvalue weighted by Crippen LogP contribution is 2.24. The Bertz CT molecular complexity index is 704. The van der Waals surface area contributed by atoms with E-state index in [0.29, 0.717) is 27.8 Å². The van der Waals surface area contributed by atoms with Crippen molar-refractivity contribution in [3.63, 3.8) is 0 Å². The smallest absolute Gasteiger partial charge is 0.131 e. The molecule has 0 heterocycles. The van der Waals surface area contributed by atoms with Gasteiger partial charge in [0.25, 0.3) is 0 Å². The standard InChI is InChI=1S/C19H19ClFNO/c1-3-13(2)9-14-7-8-16(10-15(14)11-22)23-12-17-18(20)5-4-6-19(17)21/h4-8,10,13H,3,9,12H2,1-2H3. The summed E-state index contributed by atoms with van der Waals surface area (Å²) in [5.41, 5.74) is 1.93. The first-order chi connectivity index (χ1) is 11.0. The summed E-state index contributed by atoms with van der Waals surface area (Å²) in [5.74, 6) is 0.659. The van der Waals surface area contributed by atoms with Crippen molar-refractivity contribution in [1.29, 1.82) is 5.26 Å². The van der Waals surface area contributed by atoms with Gasteiger partial charge in [0, 0.05) is 5.56 Å². The highest BCUT2D eigenvalue weighted by molar-refractivity contribution is 6.31. The zero-order valence-electron chi connectivity index (χ0n) is 13.3. The van der Waals surface area contributed by atoms with E-state index >= 15 is 0 Å². The summed E-state index contributed by atoms with van der Waals surface area (Å²) < 4.78 is 19.3. The molecule has 2 rings (SSSR count). The summed E-state index contributed by atoms with van der Waals surface area (Å²) in [6.45, 7) is 4.32. The lowest BCUT2D eigenvalue weighted by atomic mass is 9.95. The molecular formula is C19H19ClFNO. The van der Waals surface area contributed by atoms with Crippen molar-refractivity contribution in [2.24, 2.45) is 5.92 Å². The summed E-state index contributed by atoms with van der Waals surface area (Å²) in [6, 6.07) is 12.2. The van der Waals surface area contributed by atoms with Crippen molar-refractivity contribution in [2.45, 2.75) is 33.3 Å². The third kappa shape index (κ3) is 4.46. The Balaban J connectivity index is 2.14. The van der Waals surface area contributed by atoms with E-state index in [9.17, 15) is 9.65 Å². The SMILES string of the molecule is CCC(C)Cc1ccc(OCc2c(F)cccc2Cl)cc1C#N. The van der Waals surface area contributed by atoms with Gasteiger partial charge < -0.3 is 4.74 Å². The third-order valence-electron chi connectivity index (χ3n) is 3.91. The van der Waals surface area contributed by atoms with Crippen molar-refractivity contribution in [3.8, 4) is 11.8 Å². The highest BCUT2D eigenvalue weighted by atomic mass is 35.5. The van der Waals surface area contributed by atoms with Crippen LogP contribution in [0.5, 0.6) is 5.75 Å². The molecule has 0 aliphatic carbocycles. The first-order valence-corrected chi connectivity index (χ1v) is 8.01. The molecule has 0 bridgehead atoms. The fourth-order valence-electron chi connectivity index (χ4n) is 2.27. The van der Waals surface area contributed by atoms with E-state index in [1.165, 1.54) is 6.07 Å². The van der Waals surface area contributed by atoms with E-state index in [1.54, 1.807) is 18.2 Å². The molecule has 2 aromatic rings. The zero-order chi connectivity index (χ0) is 16.8. The Kier molecular flexibility index (Phi) is 6.01. The van der Waals surface area contributed by atoms with Crippen molar-refractivity contribution in [1.82, 2.24) is 0 Å². The number of rotatable bonds is 6. The monoisotopic (exact) mass is 331 g/mol. The molecule has 4 heteroatoms. The molecule has 0 N–H and O–H groups in total. The number of hydrogen-bond donors (Lipinski definition) is 0. The van der Waals surface area contributed by atoms with Crippen LogP contribution in [0, 0.1) is 23.1 Å². The van der Waals surface area contributed by atoms with Gasteiger partial charge in [0.1, 0.15) is 18.2 Å². The second kappa shape index (κ2) is 7.99. The minimum absolute atomic E-state index is 0.0289.